The smallest absolute Gasteiger partial charge is 0.322 e. The Morgan fingerprint density at radius 2 is 2.23 bits per heavy atom. The Morgan fingerprint density at radius 3 is 2.96 bits per heavy atom. The van der Waals surface area contributed by atoms with Crippen LogP contribution in [-0.4, -0.2) is 50.6 Å². The molecule has 1 aromatic rings. The second-order valence-electron chi connectivity index (χ2n) is 6.95. The van der Waals surface area contributed by atoms with Gasteiger partial charge in [-0.25, -0.2) is 4.79 Å². The number of nitrogens with one attached hydrogen (secondary N) is 3. The highest BCUT2D eigenvalue weighted by Gasteiger charge is 2.35. The van der Waals surface area contributed by atoms with Gasteiger partial charge in [0.25, 0.3) is 0 Å². The molecule has 0 spiro atoms. The summed E-state index contributed by atoms with van der Waals surface area (Å²) in [6.45, 7) is 2.87. The molecule has 4 rings (SSSR count). The highest BCUT2D eigenvalue weighted by atomic mass is 16.2. The van der Waals surface area contributed by atoms with Crippen LogP contribution in [0.2, 0.25) is 0 Å². The quantitative estimate of drug-likeness (QED) is 0.581. The first-order chi connectivity index (χ1) is 12.7. The molecule has 136 valence electrons. The van der Waals surface area contributed by atoms with Gasteiger partial charge in [0, 0.05) is 30.9 Å². The molecule has 4 heterocycles. The van der Waals surface area contributed by atoms with E-state index in [4.69, 9.17) is 5.73 Å². The summed E-state index contributed by atoms with van der Waals surface area (Å²) < 4.78 is 0. The third kappa shape index (κ3) is 2.89. The molecule has 0 bridgehead atoms. The van der Waals surface area contributed by atoms with E-state index in [2.05, 4.69) is 27.0 Å². The van der Waals surface area contributed by atoms with Crippen molar-refractivity contribution in [3.05, 3.63) is 35.1 Å². The predicted molar refractivity (Wildman–Crippen MR) is 107 cm³/mol. The summed E-state index contributed by atoms with van der Waals surface area (Å²) in [6, 6.07) is 0.213. The molecule has 0 aliphatic carbocycles. The molecule has 7 nitrogen and oxygen atoms in total. The number of carbonyl (C=O) groups excluding carboxylic acids is 1. The molecule has 1 saturated heterocycles. The Hall–Kier alpha value is -2.32. The summed E-state index contributed by atoms with van der Waals surface area (Å²) in [7, 11) is 2.00. The van der Waals surface area contributed by atoms with Gasteiger partial charge in [0.05, 0.1) is 23.1 Å². The first-order valence-electron chi connectivity index (χ1n) is 9.32. The van der Waals surface area contributed by atoms with Crippen LogP contribution in [0.5, 0.6) is 0 Å². The van der Waals surface area contributed by atoms with Crippen LogP contribution in [-0.2, 0) is 6.54 Å². The van der Waals surface area contributed by atoms with Crippen LogP contribution in [0.25, 0.3) is 6.08 Å². The number of amides is 2. The SMILES string of the molecule is B/C=C(\CN)C1C=Cc2ncc3c(c2N1)N(C1CCNCC1)C(=O)NC3. The van der Waals surface area contributed by atoms with Gasteiger partial charge in [0.1, 0.15) is 7.85 Å². The minimum atomic E-state index is -0.0178. The zero-order valence-corrected chi connectivity index (χ0v) is 15.1. The van der Waals surface area contributed by atoms with Gasteiger partial charge in [-0.1, -0.05) is 6.08 Å². The topological polar surface area (TPSA) is 95.3 Å². The maximum atomic E-state index is 12.8. The number of fused-ring (bicyclic) bond motifs is 3. The van der Waals surface area contributed by atoms with Gasteiger partial charge in [-0.3, -0.25) is 9.88 Å². The number of rotatable bonds is 3. The van der Waals surface area contributed by atoms with Gasteiger partial charge in [0.2, 0.25) is 0 Å². The summed E-state index contributed by atoms with van der Waals surface area (Å²) in [5.41, 5.74) is 10.9. The van der Waals surface area contributed by atoms with E-state index in [1.165, 1.54) is 0 Å². The number of piperidine rings is 1. The van der Waals surface area contributed by atoms with Crippen molar-refractivity contribution in [2.24, 2.45) is 5.73 Å². The van der Waals surface area contributed by atoms with Gasteiger partial charge >= 0.3 is 6.03 Å². The fraction of sp³-hybridized carbons (Fsp3) is 0.444. The Morgan fingerprint density at radius 1 is 1.42 bits per heavy atom. The number of urea groups is 1. The van der Waals surface area contributed by atoms with Crippen molar-refractivity contribution in [2.45, 2.75) is 31.5 Å². The van der Waals surface area contributed by atoms with Gasteiger partial charge in [-0.05, 0) is 37.6 Å². The lowest BCUT2D eigenvalue weighted by Gasteiger charge is -2.40. The van der Waals surface area contributed by atoms with Crippen LogP contribution in [0.3, 0.4) is 0 Å². The van der Waals surface area contributed by atoms with E-state index in [1.54, 1.807) is 0 Å². The van der Waals surface area contributed by atoms with Crippen LogP contribution in [0.1, 0.15) is 24.1 Å². The fourth-order valence-corrected chi connectivity index (χ4v) is 4.03. The first kappa shape index (κ1) is 17.1. The minimum absolute atomic E-state index is 0.0178. The molecule has 5 N–H and O–H groups in total. The number of carbonyl (C=O) groups is 1. The normalized spacial score (nSPS) is 23.1. The molecule has 0 radical (unpaired) electrons. The zero-order valence-electron chi connectivity index (χ0n) is 15.1. The van der Waals surface area contributed by atoms with E-state index in [0.717, 1.165) is 54.1 Å². The minimum Gasteiger partial charge on any atom is -0.372 e. The Labute approximate surface area is 154 Å². The van der Waals surface area contributed by atoms with Crippen molar-refractivity contribution in [3.63, 3.8) is 0 Å². The molecule has 1 unspecified atom stereocenters. The van der Waals surface area contributed by atoms with Gasteiger partial charge in [-0.2, -0.15) is 0 Å². The summed E-state index contributed by atoms with van der Waals surface area (Å²) in [5.74, 6) is 2.05. The second kappa shape index (κ2) is 7.13. The molecule has 1 fully saturated rings. The second-order valence-corrected chi connectivity index (χ2v) is 6.95. The highest BCUT2D eigenvalue weighted by Crippen LogP contribution is 2.40. The highest BCUT2D eigenvalue weighted by molar-refractivity contribution is 6.17. The molecule has 0 aromatic carbocycles. The molecule has 1 atom stereocenters. The number of hydrogen-bond donors (Lipinski definition) is 4. The third-order valence-electron chi connectivity index (χ3n) is 5.47. The van der Waals surface area contributed by atoms with Gasteiger partial charge in [0.15, 0.2) is 0 Å². The van der Waals surface area contributed by atoms with Crippen LogP contribution >= 0.6 is 0 Å². The lowest BCUT2D eigenvalue weighted by molar-refractivity contribution is 0.240. The number of pyridine rings is 1. The number of nitrogens with two attached hydrogens (primary N) is 1. The summed E-state index contributed by atoms with van der Waals surface area (Å²) in [4.78, 5) is 19.3. The van der Waals surface area contributed by atoms with Crippen molar-refractivity contribution in [1.29, 1.82) is 0 Å². The van der Waals surface area contributed by atoms with E-state index in [-0.39, 0.29) is 18.1 Å². The Balaban J connectivity index is 1.77. The molecule has 1 aromatic heterocycles. The number of hydrogen-bond acceptors (Lipinski definition) is 5. The van der Waals surface area contributed by atoms with Gasteiger partial charge < -0.3 is 21.7 Å². The summed E-state index contributed by atoms with van der Waals surface area (Å²) >= 11 is 0. The van der Waals surface area contributed by atoms with E-state index in [9.17, 15) is 4.79 Å². The number of aromatic nitrogens is 1. The monoisotopic (exact) mass is 352 g/mol. The van der Waals surface area contributed by atoms with E-state index in [1.807, 2.05) is 31.0 Å². The predicted octanol–water partition coefficient (Wildman–Crippen LogP) is 0.146. The number of anilines is 2. The molecule has 0 saturated carbocycles. The first-order valence-corrected chi connectivity index (χ1v) is 9.32. The molecular weight excluding hydrogens is 327 g/mol. The lowest BCUT2D eigenvalue weighted by Crippen LogP contribution is -2.53. The van der Waals surface area contributed by atoms with Crippen molar-refractivity contribution in [2.75, 3.05) is 29.9 Å². The average Bonchev–Trinajstić information content (AvgIpc) is 2.69. The van der Waals surface area contributed by atoms with Crippen LogP contribution in [0.4, 0.5) is 16.2 Å². The van der Waals surface area contributed by atoms with Gasteiger partial charge in [-0.15, -0.1) is 5.98 Å². The fourth-order valence-electron chi connectivity index (χ4n) is 4.03. The van der Waals surface area contributed by atoms with E-state index in [0.29, 0.717) is 13.1 Å². The maximum absolute atomic E-state index is 12.8. The van der Waals surface area contributed by atoms with Crippen LogP contribution < -0.4 is 26.6 Å². The van der Waals surface area contributed by atoms with Crippen LogP contribution in [0.15, 0.2) is 23.8 Å². The maximum Gasteiger partial charge on any atom is 0.322 e. The summed E-state index contributed by atoms with van der Waals surface area (Å²) in [5, 5.41) is 9.95. The van der Waals surface area contributed by atoms with Crippen molar-refractivity contribution in [3.8, 4) is 0 Å². The van der Waals surface area contributed by atoms with Crippen LogP contribution in [0, 0.1) is 0 Å². The van der Waals surface area contributed by atoms with E-state index >= 15 is 0 Å². The van der Waals surface area contributed by atoms with E-state index < -0.39 is 0 Å². The average molecular weight is 352 g/mol. The van der Waals surface area contributed by atoms with Crippen molar-refractivity contribution >= 4 is 31.3 Å². The van der Waals surface area contributed by atoms with Crippen molar-refractivity contribution < 1.29 is 4.79 Å². The molecular formula is C18H25BN6O. The molecule has 3 aliphatic rings. The largest absolute Gasteiger partial charge is 0.372 e. The molecule has 3 aliphatic heterocycles. The summed E-state index contributed by atoms with van der Waals surface area (Å²) in [6.07, 6.45) is 7.90. The number of nitrogens with zero attached hydrogens (tertiary/aromatic N) is 2. The molecule has 8 heteroatoms. The molecule has 2 amide bonds. The zero-order chi connectivity index (χ0) is 18.1. The Kier molecular flexibility index (Phi) is 4.69. The van der Waals surface area contributed by atoms with Crippen molar-refractivity contribution in [1.82, 2.24) is 15.6 Å². The Bertz CT molecular complexity index is 771. The molecule has 26 heavy (non-hydrogen) atoms. The lowest BCUT2D eigenvalue weighted by atomic mass is 9.94. The third-order valence-corrected chi connectivity index (χ3v) is 5.47. The standard InChI is InChI=1S/C18H25BN6O/c19-7-11(8-20)14-1-2-15-16(24-14)17-12(9-22-15)10-23-18(26)25(17)13-3-5-21-6-4-13/h1-2,7,9,13-14,21,24H,3-6,8,10,19-20H2,(H,23,26)/b11-7+.